The number of nitrogens with one attached hydrogen (secondary N) is 5. The maximum atomic E-state index is 12.9. The van der Waals surface area contributed by atoms with Gasteiger partial charge in [0.2, 0.25) is 0 Å². The molecule has 11 nitrogen and oxygen atoms in total. The molecule has 5 aromatic rings. The molecule has 0 saturated carbocycles. The number of piperidine rings is 1. The van der Waals surface area contributed by atoms with Gasteiger partial charge >= 0.3 is 20.4 Å². The number of aliphatic hydroxyl groups is 1. The van der Waals surface area contributed by atoms with Crippen molar-refractivity contribution in [3.8, 4) is 11.5 Å². The highest BCUT2D eigenvalue weighted by atomic mass is 28.4. The summed E-state index contributed by atoms with van der Waals surface area (Å²) in [6, 6.07) is 45.1. The monoisotopic (exact) mass is 899 g/mol. The number of benzene rings is 5. The molecular formula is C53H70N6O5Si. The van der Waals surface area contributed by atoms with Crippen molar-refractivity contribution in [3.05, 3.63) is 145 Å². The number of anilines is 2. The zero-order chi connectivity index (χ0) is 45.9. The summed E-state index contributed by atoms with van der Waals surface area (Å²) < 4.78 is 13.1. The van der Waals surface area contributed by atoms with Crippen LogP contribution in [-0.4, -0.2) is 81.9 Å². The average molecular weight is 899 g/mol. The van der Waals surface area contributed by atoms with Crippen LogP contribution in [0.4, 0.5) is 21.0 Å². The molecule has 1 saturated heterocycles. The Balaban J connectivity index is 0.847. The fourth-order valence-electron chi connectivity index (χ4n) is 8.34. The maximum Gasteiger partial charge on any atom is 0.319 e. The van der Waals surface area contributed by atoms with E-state index in [1.54, 1.807) is 0 Å². The highest BCUT2D eigenvalue weighted by Gasteiger charge is 2.52. The Morgan fingerprint density at radius 3 is 1.94 bits per heavy atom. The van der Waals surface area contributed by atoms with Crippen LogP contribution in [0.5, 0.6) is 11.5 Å². The van der Waals surface area contributed by atoms with Gasteiger partial charge in [-0.3, -0.25) is 0 Å². The van der Waals surface area contributed by atoms with Crippen molar-refractivity contribution in [1.29, 1.82) is 0 Å². The van der Waals surface area contributed by atoms with Crippen LogP contribution in [0.25, 0.3) is 0 Å². The number of ether oxygens (including phenoxy) is 1. The normalized spacial score (nSPS) is 13.7. The lowest BCUT2D eigenvalue weighted by Gasteiger charge is -2.43. The third-order valence-corrected chi connectivity index (χ3v) is 16.9. The molecular weight excluding hydrogens is 829 g/mol. The quantitative estimate of drug-likeness (QED) is 0.0302. The molecule has 12 heteroatoms. The van der Waals surface area contributed by atoms with Crippen LogP contribution in [-0.2, 0) is 13.0 Å². The molecule has 0 aliphatic carbocycles. The summed E-state index contributed by atoms with van der Waals surface area (Å²) in [5.41, 5.74) is 3.98. The van der Waals surface area contributed by atoms with Crippen molar-refractivity contribution in [3.63, 3.8) is 0 Å². The van der Waals surface area contributed by atoms with Gasteiger partial charge in [-0.05, 0) is 107 Å². The lowest BCUT2D eigenvalue weighted by molar-refractivity contribution is 0.106. The molecule has 0 radical (unpaired) electrons. The summed E-state index contributed by atoms with van der Waals surface area (Å²) >= 11 is 0. The molecule has 0 aromatic heterocycles. The van der Waals surface area contributed by atoms with Gasteiger partial charge in [0.05, 0.1) is 0 Å². The molecule has 1 aliphatic rings. The number of amides is 4. The van der Waals surface area contributed by atoms with Gasteiger partial charge in [0.1, 0.15) is 24.2 Å². The number of urea groups is 2. The smallest absolute Gasteiger partial charge is 0.319 e. The second-order valence-electron chi connectivity index (χ2n) is 18.1. The highest BCUT2D eigenvalue weighted by molar-refractivity contribution is 7.00. The lowest BCUT2D eigenvalue weighted by Crippen LogP contribution is -2.68. The predicted octanol–water partition coefficient (Wildman–Crippen LogP) is 8.69. The highest BCUT2D eigenvalue weighted by Crippen LogP contribution is 2.38. The number of carbonyl (C=O) groups is 2. The van der Waals surface area contributed by atoms with Crippen molar-refractivity contribution < 1.29 is 23.9 Å². The first-order valence-corrected chi connectivity index (χ1v) is 25.4. The van der Waals surface area contributed by atoms with E-state index in [-0.39, 0.29) is 23.7 Å². The Kier molecular flexibility index (Phi) is 18.3. The van der Waals surface area contributed by atoms with E-state index < -0.39 is 14.4 Å². The number of rotatable bonds is 22. The summed E-state index contributed by atoms with van der Waals surface area (Å²) in [5, 5.41) is 28.8. The number of carbonyl (C=O) groups excluding carboxylic acids is 2. The molecule has 65 heavy (non-hydrogen) atoms. The first-order valence-electron chi connectivity index (χ1n) is 23.5. The molecule has 4 amide bonds. The summed E-state index contributed by atoms with van der Waals surface area (Å²) in [5.74, 6) is 1.48. The van der Waals surface area contributed by atoms with Gasteiger partial charge in [-0.1, -0.05) is 132 Å². The van der Waals surface area contributed by atoms with Crippen molar-refractivity contribution in [2.75, 3.05) is 50.0 Å². The number of likely N-dealkylation sites (tertiary alicyclic amines) is 1. The summed E-state index contributed by atoms with van der Waals surface area (Å²) in [6.45, 7) is 12.8. The van der Waals surface area contributed by atoms with Gasteiger partial charge in [-0.2, -0.15) is 0 Å². The van der Waals surface area contributed by atoms with E-state index in [1.165, 1.54) is 28.8 Å². The molecule has 346 valence electrons. The molecule has 6 N–H and O–H groups in total. The van der Waals surface area contributed by atoms with Gasteiger partial charge < -0.3 is 45.8 Å². The van der Waals surface area contributed by atoms with E-state index in [0.717, 1.165) is 61.3 Å². The largest absolute Gasteiger partial charge is 0.534 e. The number of nitrogens with zero attached hydrogens (tertiary/aromatic N) is 1. The van der Waals surface area contributed by atoms with E-state index >= 15 is 0 Å². The lowest BCUT2D eigenvalue weighted by atomic mass is 10.0. The Morgan fingerprint density at radius 1 is 0.723 bits per heavy atom. The van der Waals surface area contributed by atoms with E-state index in [0.29, 0.717) is 44.5 Å². The van der Waals surface area contributed by atoms with Gasteiger partial charge in [0.25, 0.3) is 0 Å². The van der Waals surface area contributed by atoms with Crippen LogP contribution in [0.15, 0.2) is 133 Å². The first-order chi connectivity index (χ1) is 31.5. The van der Waals surface area contributed by atoms with Crippen molar-refractivity contribution >= 4 is 42.1 Å². The van der Waals surface area contributed by atoms with Crippen LogP contribution in [0.2, 0.25) is 5.04 Å². The summed E-state index contributed by atoms with van der Waals surface area (Å²) in [7, 11) is -2.73. The molecule has 6 rings (SSSR count). The zero-order valence-corrected chi connectivity index (χ0v) is 39.8. The molecule has 1 heterocycles. The zero-order valence-electron chi connectivity index (χ0n) is 38.8. The fraction of sp³-hybridized carbons (Fsp3) is 0.396. The van der Waals surface area contributed by atoms with Crippen LogP contribution < -0.4 is 46.1 Å². The molecule has 0 spiro atoms. The van der Waals surface area contributed by atoms with Crippen LogP contribution in [0.1, 0.15) is 77.3 Å². The third kappa shape index (κ3) is 14.6. The van der Waals surface area contributed by atoms with Crippen molar-refractivity contribution in [2.45, 2.75) is 96.4 Å². The van der Waals surface area contributed by atoms with Gasteiger partial charge in [0, 0.05) is 50.1 Å². The Morgan fingerprint density at radius 2 is 1.32 bits per heavy atom. The number of aliphatic hydroxyl groups excluding tert-OH is 1. The van der Waals surface area contributed by atoms with E-state index in [1.807, 2.05) is 65.6 Å². The standard InChI is InChI=1S/C53H70N6O5Si/c1-5-6-7-14-34-55-51(61)58-44-25-21-42(22-26-44)38-56-52(62)59-36-32-45(33-37-59)57-43-23-19-41(20-24-43)31-35-54-39-46(60)40-63-47-27-29-48(30-28-47)64-65(53(2,3)4,49-15-10-8-11-16-49)50-17-12-9-13-18-50/h8-13,15-30,45-46,54,57,60H,5-7,14,31-40H2,1-4H3,(H,56,62)(H2,55,58,61). The summed E-state index contributed by atoms with van der Waals surface area (Å²) in [4.78, 5) is 27.0. The molecule has 1 unspecified atom stereocenters. The van der Waals surface area contributed by atoms with Gasteiger partial charge in [-0.15, -0.1) is 0 Å². The van der Waals surface area contributed by atoms with E-state index in [9.17, 15) is 14.7 Å². The Bertz CT molecular complexity index is 2120. The van der Waals surface area contributed by atoms with Crippen LogP contribution in [0.3, 0.4) is 0 Å². The van der Waals surface area contributed by atoms with Gasteiger partial charge in [0.15, 0.2) is 0 Å². The molecule has 1 aliphatic heterocycles. The number of unbranched alkanes of at least 4 members (excludes halogenated alkanes) is 3. The van der Waals surface area contributed by atoms with Gasteiger partial charge in [-0.25, -0.2) is 9.59 Å². The minimum Gasteiger partial charge on any atom is -0.534 e. The SMILES string of the molecule is CCCCCCNC(=O)Nc1ccc(CNC(=O)N2CCC(Nc3ccc(CCNCC(O)COc4ccc(O[Si](c5ccccc5)(c5ccccc5)C(C)(C)C)cc4)cc3)CC2)cc1. The summed E-state index contributed by atoms with van der Waals surface area (Å²) in [6.07, 6.45) is 6.38. The second-order valence-corrected chi connectivity index (χ2v) is 22.3. The second kappa shape index (κ2) is 24.5. The third-order valence-electron chi connectivity index (χ3n) is 12.0. The number of hydrogen-bond donors (Lipinski definition) is 6. The Hall–Kier alpha value is -5.82. The maximum absolute atomic E-state index is 12.9. The Labute approximate surface area is 387 Å². The fourth-order valence-corrected chi connectivity index (χ4v) is 12.8. The average Bonchev–Trinajstić information content (AvgIpc) is 3.32. The topological polar surface area (TPSA) is 136 Å². The molecule has 1 atom stereocenters. The van der Waals surface area contributed by atoms with E-state index in [2.05, 4.69) is 127 Å². The minimum absolute atomic E-state index is 0.0605. The van der Waals surface area contributed by atoms with Crippen LogP contribution in [0, 0.1) is 0 Å². The molecule has 5 aromatic carbocycles. The van der Waals surface area contributed by atoms with Crippen molar-refractivity contribution in [1.82, 2.24) is 20.9 Å². The number of hydrogen-bond acceptors (Lipinski definition) is 7. The van der Waals surface area contributed by atoms with Crippen LogP contribution >= 0.6 is 0 Å². The molecule has 0 bridgehead atoms. The molecule has 1 fully saturated rings. The predicted molar refractivity (Wildman–Crippen MR) is 267 cm³/mol. The first kappa shape index (κ1) is 48.6. The minimum atomic E-state index is -2.73. The van der Waals surface area contributed by atoms with E-state index in [4.69, 9.17) is 9.16 Å². The van der Waals surface area contributed by atoms with Crippen molar-refractivity contribution in [2.24, 2.45) is 0 Å².